The van der Waals surface area contributed by atoms with Crippen molar-refractivity contribution < 1.29 is 4.79 Å². The standard InChI is InChI=1S/C12H10N4O/c17-12-10-4-2-1-3-9(10)7-16(12)15-11-5-6-13-8-14-11/h1-6,8H,7H2,(H,13,14,15). The van der Waals surface area contributed by atoms with Crippen molar-refractivity contribution in [2.75, 3.05) is 5.43 Å². The number of rotatable bonds is 2. The van der Waals surface area contributed by atoms with Gasteiger partial charge in [-0.1, -0.05) is 18.2 Å². The molecule has 3 rings (SSSR count). The molecule has 1 aliphatic heterocycles. The molecule has 5 nitrogen and oxygen atoms in total. The molecule has 1 amide bonds. The van der Waals surface area contributed by atoms with Gasteiger partial charge >= 0.3 is 0 Å². The lowest BCUT2D eigenvalue weighted by Crippen LogP contribution is -2.30. The fraction of sp³-hybridized carbons (Fsp3) is 0.0833. The average Bonchev–Trinajstić information content (AvgIpc) is 2.68. The molecule has 0 fully saturated rings. The van der Waals surface area contributed by atoms with Gasteiger partial charge in [0.15, 0.2) is 0 Å². The van der Waals surface area contributed by atoms with Gasteiger partial charge in [-0.05, 0) is 11.6 Å². The van der Waals surface area contributed by atoms with E-state index < -0.39 is 0 Å². The van der Waals surface area contributed by atoms with E-state index >= 15 is 0 Å². The molecule has 17 heavy (non-hydrogen) atoms. The first-order valence-electron chi connectivity index (χ1n) is 5.27. The maximum Gasteiger partial charge on any atom is 0.272 e. The molecule has 1 aliphatic rings. The lowest BCUT2D eigenvalue weighted by Gasteiger charge is -2.16. The number of amides is 1. The highest BCUT2D eigenvalue weighted by Crippen LogP contribution is 2.22. The summed E-state index contributed by atoms with van der Waals surface area (Å²) in [4.78, 5) is 19.9. The van der Waals surface area contributed by atoms with E-state index in [1.165, 1.54) is 6.33 Å². The summed E-state index contributed by atoms with van der Waals surface area (Å²) in [5, 5.41) is 1.55. The maximum absolute atomic E-state index is 12.0. The molecule has 1 aromatic carbocycles. The average molecular weight is 226 g/mol. The molecule has 0 spiro atoms. The molecule has 1 N–H and O–H groups in total. The van der Waals surface area contributed by atoms with Crippen molar-refractivity contribution in [3.05, 3.63) is 54.0 Å². The Labute approximate surface area is 98.1 Å². The van der Waals surface area contributed by atoms with Crippen molar-refractivity contribution in [1.29, 1.82) is 0 Å². The van der Waals surface area contributed by atoms with Crippen LogP contribution in [-0.2, 0) is 6.54 Å². The summed E-state index contributed by atoms with van der Waals surface area (Å²) in [6.07, 6.45) is 3.07. The van der Waals surface area contributed by atoms with Gasteiger partial charge in [0.2, 0.25) is 0 Å². The van der Waals surface area contributed by atoms with E-state index in [1.54, 1.807) is 17.3 Å². The SMILES string of the molecule is O=C1c2ccccc2CN1Nc1ccncn1. The van der Waals surface area contributed by atoms with Gasteiger partial charge < -0.3 is 0 Å². The normalized spacial score (nSPS) is 13.6. The summed E-state index contributed by atoms with van der Waals surface area (Å²) in [5.41, 5.74) is 4.74. The summed E-state index contributed by atoms with van der Waals surface area (Å²) in [5.74, 6) is 0.584. The van der Waals surface area contributed by atoms with E-state index in [-0.39, 0.29) is 5.91 Å². The topological polar surface area (TPSA) is 58.1 Å². The second kappa shape index (κ2) is 3.86. The van der Waals surface area contributed by atoms with Gasteiger partial charge in [-0.3, -0.25) is 10.2 Å². The van der Waals surface area contributed by atoms with Crippen LogP contribution in [0.2, 0.25) is 0 Å². The molecule has 84 valence electrons. The van der Waals surface area contributed by atoms with E-state index in [1.807, 2.05) is 24.3 Å². The monoisotopic (exact) mass is 226 g/mol. The molecule has 0 saturated heterocycles. The van der Waals surface area contributed by atoms with Crippen LogP contribution >= 0.6 is 0 Å². The third-order valence-corrected chi connectivity index (χ3v) is 2.65. The molecular weight excluding hydrogens is 216 g/mol. The third kappa shape index (κ3) is 1.71. The van der Waals surface area contributed by atoms with Gasteiger partial charge in [-0.25, -0.2) is 15.0 Å². The third-order valence-electron chi connectivity index (χ3n) is 2.65. The Bertz CT molecular complexity index is 555. The Balaban J connectivity index is 1.83. The quantitative estimate of drug-likeness (QED) is 0.842. The molecular formula is C12H10N4O. The largest absolute Gasteiger partial charge is 0.279 e. The van der Waals surface area contributed by atoms with Crippen LogP contribution in [-0.4, -0.2) is 20.9 Å². The predicted molar refractivity (Wildman–Crippen MR) is 62.0 cm³/mol. The Morgan fingerprint density at radius 3 is 2.88 bits per heavy atom. The van der Waals surface area contributed by atoms with E-state index in [9.17, 15) is 4.79 Å². The van der Waals surface area contributed by atoms with Gasteiger partial charge in [0.25, 0.3) is 5.91 Å². The first kappa shape index (κ1) is 9.77. The molecule has 0 aliphatic carbocycles. The molecule has 2 aromatic rings. The summed E-state index contributed by atoms with van der Waals surface area (Å²) >= 11 is 0. The summed E-state index contributed by atoms with van der Waals surface area (Å²) in [6.45, 7) is 0.555. The number of hydrazine groups is 1. The molecule has 2 heterocycles. The Morgan fingerprint density at radius 2 is 2.12 bits per heavy atom. The van der Waals surface area contributed by atoms with Gasteiger partial charge in [-0.15, -0.1) is 0 Å². The smallest absolute Gasteiger partial charge is 0.272 e. The van der Waals surface area contributed by atoms with Crippen molar-refractivity contribution in [1.82, 2.24) is 15.0 Å². The van der Waals surface area contributed by atoms with Crippen LogP contribution in [0.25, 0.3) is 0 Å². The number of nitrogens with one attached hydrogen (secondary N) is 1. The van der Waals surface area contributed by atoms with Crippen molar-refractivity contribution in [3.63, 3.8) is 0 Å². The lowest BCUT2D eigenvalue weighted by molar-refractivity contribution is 0.0814. The highest BCUT2D eigenvalue weighted by molar-refractivity contribution is 5.98. The highest BCUT2D eigenvalue weighted by atomic mass is 16.2. The molecule has 5 heteroatoms. The van der Waals surface area contributed by atoms with E-state index in [0.29, 0.717) is 12.4 Å². The van der Waals surface area contributed by atoms with Crippen LogP contribution in [0.1, 0.15) is 15.9 Å². The first-order chi connectivity index (χ1) is 8.34. The summed E-state index contributed by atoms with van der Waals surface area (Å²) in [7, 11) is 0. The van der Waals surface area contributed by atoms with Crippen LogP contribution in [0.15, 0.2) is 42.9 Å². The Kier molecular flexibility index (Phi) is 2.22. The maximum atomic E-state index is 12.0. The van der Waals surface area contributed by atoms with Crippen LogP contribution in [0, 0.1) is 0 Å². The second-order valence-electron chi connectivity index (χ2n) is 3.75. The number of nitrogens with zero attached hydrogens (tertiary/aromatic N) is 3. The number of carbonyl (C=O) groups is 1. The number of carbonyl (C=O) groups excluding carboxylic acids is 1. The number of anilines is 1. The van der Waals surface area contributed by atoms with Crippen molar-refractivity contribution >= 4 is 11.7 Å². The zero-order valence-electron chi connectivity index (χ0n) is 9.00. The van der Waals surface area contributed by atoms with Gasteiger partial charge in [0.05, 0.1) is 6.54 Å². The van der Waals surface area contributed by atoms with Gasteiger partial charge in [-0.2, -0.15) is 0 Å². The van der Waals surface area contributed by atoms with Crippen molar-refractivity contribution in [3.8, 4) is 0 Å². The van der Waals surface area contributed by atoms with Gasteiger partial charge in [0, 0.05) is 17.8 Å². The van der Waals surface area contributed by atoms with Gasteiger partial charge in [0.1, 0.15) is 12.1 Å². The number of hydrogen-bond donors (Lipinski definition) is 1. The molecule has 0 radical (unpaired) electrons. The number of aromatic nitrogens is 2. The fourth-order valence-electron chi connectivity index (χ4n) is 1.84. The zero-order valence-corrected chi connectivity index (χ0v) is 9.00. The van der Waals surface area contributed by atoms with Crippen LogP contribution < -0.4 is 5.43 Å². The summed E-state index contributed by atoms with van der Waals surface area (Å²) in [6, 6.07) is 9.30. The minimum absolute atomic E-state index is 0.0285. The van der Waals surface area contributed by atoms with Crippen molar-refractivity contribution in [2.45, 2.75) is 6.54 Å². The van der Waals surface area contributed by atoms with Crippen LogP contribution in [0.3, 0.4) is 0 Å². The Morgan fingerprint density at radius 1 is 1.24 bits per heavy atom. The van der Waals surface area contributed by atoms with E-state index in [2.05, 4.69) is 15.4 Å². The molecule has 1 aromatic heterocycles. The minimum atomic E-state index is -0.0285. The van der Waals surface area contributed by atoms with Crippen LogP contribution in [0.5, 0.6) is 0 Å². The molecule has 0 atom stereocenters. The highest BCUT2D eigenvalue weighted by Gasteiger charge is 2.26. The second-order valence-corrected chi connectivity index (χ2v) is 3.75. The number of benzene rings is 1. The Hall–Kier alpha value is -2.43. The lowest BCUT2D eigenvalue weighted by atomic mass is 10.1. The van der Waals surface area contributed by atoms with E-state index in [0.717, 1.165) is 11.1 Å². The fourth-order valence-corrected chi connectivity index (χ4v) is 1.84. The summed E-state index contributed by atoms with van der Waals surface area (Å²) < 4.78 is 0. The predicted octanol–water partition coefficient (Wildman–Crippen LogP) is 1.46. The minimum Gasteiger partial charge on any atom is -0.279 e. The molecule has 0 unspecified atom stereocenters. The van der Waals surface area contributed by atoms with Crippen molar-refractivity contribution in [2.24, 2.45) is 0 Å². The number of fused-ring (bicyclic) bond motifs is 1. The number of hydrogen-bond acceptors (Lipinski definition) is 4. The molecule has 0 bridgehead atoms. The molecule has 0 saturated carbocycles. The van der Waals surface area contributed by atoms with E-state index in [4.69, 9.17) is 0 Å². The first-order valence-corrected chi connectivity index (χ1v) is 5.27. The van der Waals surface area contributed by atoms with Crippen LogP contribution in [0.4, 0.5) is 5.82 Å². The zero-order chi connectivity index (χ0) is 11.7.